The number of aryl methyl sites for hydroxylation is 2. The summed E-state index contributed by atoms with van der Waals surface area (Å²) < 4.78 is 1.52. The van der Waals surface area contributed by atoms with E-state index in [0.717, 1.165) is 55.1 Å². The number of unbranched alkanes of at least 4 members (excludes halogenated alkanes) is 1. The minimum atomic E-state index is -0.527. The Kier molecular flexibility index (Phi) is 12.5. The van der Waals surface area contributed by atoms with E-state index in [1.807, 2.05) is 13.0 Å². The number of hydrogen-bond acceptors (Lipinski definition) is 10. The maximum atomic E-state index is 12.9. The highest BCUT2D eigenvalue weighted by molar-refractivity contribution is 8.26. The van der Waals surface area contributed by atoms with Crippen LogP contribution in [0.2, 0.25) is 0 Å². The van der Waals surface area contributed by atoms with Gasteiger partial charge >= 0.3 is 0 Å². The highest BCUT2D eigenvalue weighted by Crippen LogP contribution is 2.34. The number of anilines is 2. The first kappa shape index (κ1) is 32.7. The summed E-state index contributed by atoms with van der Waals surface area (Å²) >= 11 is 1.22. The van der Waals surface area contributed by atoms with E-state index in [4.69, 9.17) is 16.6 Å². The topological polar surface area (TPSA) is 180 Å². The van der Waals surface area contributed by atoms with Crippen LogP contribution in [0.4, 0.5) is 11.5 Å². The van der Waals surface area contributed by atoms with E-state index in [9.17, 15) is 14.4 Å². The summed E-state index contributed by atoms with van der Waals surface area (Å²) in [7, 11) is 1.67. The molecule has 1 saturated carbocycles. The van der Waals surface area contributed by atoms with Gasteiger partial charge in [-0.05, 0) is 56.2 Å². The number of nitrogens with zero attached hydrogens (tertiary/aromatic N) is 3. The van der Waals surface area contributed by atoms with Crippen LogP contribution < -0.4 is 21.9 Å². The van der Waals surface area contributed by atoms with E-state index in [1.54, 1.807) is 13.2 Å². The van der Waals surface area contributed by atoms with Gasteiger partial charge in [0.1, 0.15) is 29.7 Å². The molecule has 1 atom stereocenters. The van der Waals surface area contributed by atoms with Crippen LogP contribution in [0.15, 0.2) is 28.8 Å². The van der Waals surface area contributed by atoms with Gasteiger partial charge in [0.25, 0.3) is 5.56 Å². The number of rotatable bonds is 12. The lowest BCUT2D eigenvalue weighted by molar-refractivity contribution is -0.124. The van der Waals surface area contributed by atoms with Crippen molar-refractivity contribution in [2.75, 3.05) is 24.6 Å². The van der Waals surface area contributed by atoms with Crippen molar-refractivity contribution in [1.29, 1.82) is 10.8 Å². The summed E-state index contributed by atoms with van der Waals surface area (Å²) in [6.07, 6.45) is 13.5. The molecule has 1 fully saturated rings. The molecular weight excluding hydrogens is 552 g/mol. The summed E-state index contributed by atoms with van der Waals surface area (Å²) in [5.74, 6) is 1.42. The fourth-order valence-corrected chi connectivity index (χ4v) is 5.41. The van der Waals surface area contributed by atoms with E-state index in [0.29, 0.717) is 65.6 Å². The lowest BCUT2D eigenvalue weighted by atomic mass is 10.0. The van der Waals surface area contributed by atoms with Crippen LogP contribution in [0.3, 0.4) is 0 Å². The third-order valence-electron chi connectivity index (χ3n) is 7.14. The molecule has 1 aliphatic carbocycles. The molecule has 1 unspecified atom stereocenters. The normalized spacial score (nSPS) is 15.7. The summed E-state index contributed by atoms with van der Waals surface area (Å²) in [5.41, 5.74) is 9.11. The average Bonchev–Trinajstić information content (AvgIpc) is 3.74. The molecule has 0 aromatic carbocycles. The highest BCUT2D eigenvalue weighted by Gasteiger charge is 2.31. The molecule has 0 spiro atoms. The van der Waals surface area contributed by atoms with Gasteiger partial charge < -0.3 is 21.2 Å². The van der Waals surface area contributed by atoms with Crippen molar-refractivity contribution >= 4 is 51.6 Å². The first-order chi connectivity index (χ1) is 20.2. The molecule has 2 aliphatic rings. The Bertz CT molecular complexity index is 1380. The van der Waals surface area contributed by atoms with Gasteiger partial charge in [0.2, 0.25) is 5.91 Å². The van der Waals surface area contributed by atoms with Gasteiger partial charge in [-0.2, -0.15) is 0 Å². The van der Waals surface area contributed by atoms with Gasteiger partial charge in [-0.3, -0.25) is 25.0 Å². The first-order valence-electron chi connectivity index (χ1n) is 14.4. The SMILES string of the molecule is CCCC/C(=C\c1cnc(N)cc1C)CNC(=O)C1CCc2ncc(NC)c(=O)n21.N=C(CCC=O)SC(=N)C1CC1. The van der Waals surface area contributed by atoms with Crippen molar-refractivity contribution in [1.82, 2.24) is 19.9 Å². The molecule has 2 aromatic rings. The quantitative estimate of drug-likeness (QED) is 0.135. The Morgan fingerprint density at radius 3 is 2.62 bits per heavy atom. The zero-order valence-electron chi connectivity index (χ0n) is 24.7. The molecule has 3 heterocycles. The second kappa shape index (κ2) is 16.0. The number of nitrogens with two attached hydrogens (primary N) is 1. The third-order valence-corrected chi connectivity index (χ3v) is 8.14. The number of pyridine rings is 1. The van der Waals surface area contributed by atoms with E-state index < -0.39 is 6.04 Å². The smallest absolute Gasteiger partial charge is 0.277 e. The number of carbonyl (C=O) groups is 2. The number of fused-ring (bicyclic) bond motifs is 1. The highest BCUT2D eigenvalue weighted by atomic mass is 32.2. The number of nitrogens with one attached hydrogen (secondary N) is 4. The van der Waals surface area contributed by atoms with Crippen LogP contribution in [0.1, 0.15) is 81.3 Å². The van der Waals surface area contributed by atoms with Crippen LogP contribution in [0.25, 0.3) is 6.08 Å². The minimum Gasteiger partial charge on any atom is -0.384 e. The Morgan fingerprint density at radius 2 is 1.98 bits per heavy atom. The molecule has 6 N–H and O–H groups in total. The van der Waals surface area contributed by atoms with Gasteiger partial charge in [0.05, 0.1) is 16.3 Å². The minimum absolute atomic E-state index is 0.152. The average molecular weight is 595 g/mol. The molecule has 4 rings (SSSR count). The van der Waals surface area contributed by atoms with E-state index >= 15 is 0 Å². The Balaban J connectivity index is 0.000000337. The maximum absolute atomic E-state index is 12.9. The molecule has 1 aliphatic heterocycles. The predicted octanol–water partition coefficient (Wildman–Crippen LogP) is 4.51. The van der Waals surface area contributed by atoms with Crippen molar-refractivity contribution in [2.24, 2.45) is 5.92 Å². The van der Waals surface area contributed by atoms with Crippen molar-refractivity contribution in [3.05, 3.63) is 51.3 Å². The van der Waals surface area contributed by atoms with Crippen LogP contribution in [0.5, 0.6) is 0 Å². The summed E-state index contributed by atoms with van der Waals surface area (Å²) in [4.78, 5) is 44.1. The summed E-state index contributed by atoms with van der Waals surface area (Å²) in [6, 6.07) is 1.32. The Hall–Kier alpha value is -3.80. The Morgan fingerprint density at radius 1 is 1.21 bits per heavy atom. The summed E-state index contributed by atoms with van der Waals surface area (Å²) in [5, 5.41) is 21.8. The van der Waals surface area contributed by atoms with Gasteiger partial charge in [0, 0.05) is 45.0 Å². The number of nitrogen functional groups attached to an aromatic ring is 1. The molecule has 226 valence electrons. The van der Waals surface area contributed by atoms with Crippen LogP contribution in [-0.4, -0.2) is 50.4 Å². The molecule has 2 aromatic heterocycles. The van der Waals surface area contributed by atoms with Gasteiger partial charge in [-0.1, -0.05) is 36.8 Å². The van der Waals surface area contributed by atoms with Crippen LogP contribution in [-0.2, 0) is 16.0 Å². The van der Waals surface area contributed by atoms with Crippen LogP contribution >= 0.6 is 11.8 Å². The van der Waals surface area contributed by atoms with Gasteiger partial charge in [-0.15, -0.1) is 0 Å². The number of amides is 1. The molecule has 0 bridgehead atoms. The lowest BCUT2D eigenvalue weighted by Crippen LogP contribution is -2.37. The van der Waals surface area contributed by atoms with Gasteiger partial charge in [-0.25, -0.2) is 9.97 Å². The second-order valence-electron chi connectivity index (χ2n) is 10.5. The van der Waals surface area contributed by atoms with E-state index in [2.05, 4.69) is 33.6 Å². The fraction of sp³-hybridized carbons (Fsp3) is 0.500. The zero-order chi connectivity index (χ0) is 30.6. The van der Waals surface area contributed by atoms with E-state index in [1.165, 1.54) is 22.5 Å². The van der Waals surface area contributed by atoms with Crippen molar-refractivity contribution in [3.8, 4) is 0 Å². The number of hydrogen-bond donors (Lipinski definition) is 5. The number of carbonyl (C=O) groups excluding carboxylic acids is 2. The van der Waals surface area contributed by atoms with Crippen LogP contribution in [0, 0.1) is 23.7 Å². The lowest BCUT2D eigenvalue weighted by Gasteiger charge is -2.16. The molecule has 1 amide bonds. The van der Waals surface area contributed by atoms with Crippen molar-refractivity contribution in [3.63, 3.8) is 0 Å². The number of aldehydes is 1. The maximum Gasteiger partial charge on any atom is 0.277 e. The molecular formula is C30H42N8O3S. The zero-order valence-corrected chi connectivity index (χ0v) is 25.5. The van der Waals surface area contributed by atoms with E-state index in [-0.39, 0.29) is 11.5 Å². The number of aromatic nitrogens is 3. The molecule has 0 radical (unpaired) electrons. The molecule has 11 nitrogen and oxygen atoms in total. The molecule has 42 heavy (non-hydrogen) atoms. The van der Waals surface area contributed by atoms with Crippen molar-refractivity contribution < 1.29 is 9.59 Å². The predicted molar refractivity (Wildman–Crippen MR) is 170 cm³/mol. The standard InChI is InChI=1S/C22H30N6O2.C8H12N2OS/c1-4-5-6-15(10-16-12-25-19(23)9-14(16)2)11-27-21(29)18-7-8-20-26-13-17(24-3)22(30)28(18)20;9-7(2-1-5-11)12-8(10)6-3-4-6/h9-10,12-13,18,24H,4-8,11H2,1-3H3,(H2,23,25)(H,27,29);5-6,9-10H,1-4H2/b15-10+;. The molecule has 12 heteroatoms. The second-order valence-corrected chi connectivity index (χ2v) is 11.7. The Labute approximate surface area is 251 Å². The third kappa shape index (κ3) is 9.37. The number of thioether (sulfide) groups is 1. The largest absolute Gasteiger partial charge is 0.384 e. The first-order valence-corrected chi connectivity index (χ1v) is 15.2. The molecule has 0 saturated heterocycles. The monoisotopic (exact) mass is 594 g/mol. The van der Waals surface area contributed by atoms with Crippen molar-refractivity contribution in [2.45, 2.75) is 77.7 Å². The summed E-state index contributed by atoms with van der Waals surface area (Å²) in [6.45, 7) is 4.57. The fourth-order valence-electron chi connectivity index (χ4n) is 4.52. The van der Waals surface area contributed by atoms with Gasteiger partial charge in [0.15, 0.2) is 0 Å².